The van der Waals surface area contributed by atoms with Crippen LogP contribution < -0.4 is 4.74 Å². The zero-order valence-electron chi connectivity index (χ0n) is 18.5. The lowest BCUT2D eigenvalue weighted by Crippen LogP contribution is -2.22. The molecule has 0 unspecified atom stereocenters. The molecule has 1 nitrogen and oxygen atoms in total. The normalized spacial score (nSPS) is 18.9. The minimum Gasteiger partial charge on any atom is -0.428 e. The monoisotopic (exact) mass is 462 g/mol. The molecule has 0 radical (unpaired) electrons. The molecule has 33 heavy (non-hydrogen) atoms. The summed E-state index contributed by atoms with van der Waals surface area (Å²) in [5.74, 6) is -4.28. The lowest BCUT2D eigenvalue weighted by atomic mass is 9.79. The van der Waals surface area contributed by atoms with Crippen molar-refractivity contribution in [2.24, 2.45) is 5.92 Å². The van der Waals surface area contributed by atoms with Gasteiger partial charge in [-0.05, 0) is 60.4 Å². The van der Waals surface area contributed by atoms with Crippen LogP contribution in [0.4, 0.5) is 22.0 Å². The minimum atomic E-state index is -3.86. The number of alkyl halides is 2. The third-order valence-corrected chi connectivity index (χ3v) is 6.55. The van der Waals surface area contributed by atoms with E-state index in [1.807, 2.05) is 12.1 Å². The van der Waals surface area contributed by atoms with E-state index in [4.69, 9.17) is 0 Å². The Kier molecular flexibility index (Phi) is 6.46. The minimum absolute atomic E-state index is 0. The Balaban J connectivity index is 0.00000324. The van der Waals surface area contributed by atoms with E-state index in [1.54, 1.807) is 12.1 Å². The van der Waals surface area contributed by atoms with Crippen LogP contribution in [0.5, 0.6) is 5.75 Å². The average molecular weight is 463 g/mol. The highest BCUT2D eigenvalue weighted by Crippen LogP contribution is 2.38. The fourth-order valence-corrected chi connectivity index (χ4v) is 4.37. The molecule has 1 saturated carbocycles. The summed E-state index contributed by atoms with van der Waals surface area (Å²) in [5, 5.41) is 0. The maximum Gasteiger partial charge on any atom is 0.426 e. The first-order chi connectivity index (χ1) is 15.7. The number of hydrogen-bond acceptors (Lipinski definition) is 1. The summed E-state index contributed by atoms with van der Waals surface area (Å²) < 4.78 is 74.3. The third kappa shape index (κ3) is 4.90. The maximum absolute atomic E-state index is 14.6. The van der Waals surface area contributed by atoms with E-state index in [1.165, 1.54) is 43.4 Å². The Morgan fingerprint density at radius 1 is 0.818 bits per heavy atom. The SMILES string of the molecule is Cc1c(OC(F)(F)c2ccc(-c3ccc(C4CCC(C)CC4)cc3)cc2)cc(F)c(F)c1F.[HH]. The second kappa shape index (κ2) is 9.16. The van der Waals surface area contributed by atoms with Gasteiger partial charge in [0.1, 0.15) is 5.75 Å². The summed E-state index contributed by atoms with van der Waals surface area (Å²) in [6.45, 7) is 3.33. The smallest absolute Gasteiger partial charge is 0.426 e. The van der Waals surface area contributed by atoms with Gasteiger partial charge in [0, 0.05) is 13.1 Å². The molecular formula is C27H27F5O. The van der Waals surface area contributed by atoms with Crippen molar-refractivity contribution in [1.82, 2.24) is 0 Å². The molecule has 0 atom stereocenters. The van der Waals surface area contributed by atoms with Gasteiger partial charge in [-0.2, -0.15) is 8.78 Å². The van der Waals surface area contributed by atoms with Crippen molar-refractivity contribution in [2.75, 3.05) is 0 Å². The topological polar surface area (TPSA) is 9.23 Å². The van der Waals surface area contributed by atoms with Crippen molar-refractivity contribution >= 4 is 0 Å². The summed E-state index contributed by atoms with van der Waals surface area (Å²) in [4.78, 5) is 0. The molecule has 0 N–H and O–H groups in total. The molecule has 3 aromatic carbocycles. The highest BCUT2D eigenvalue weighted by molar-refractivity contribution is 5.64. The Labute approximate surface area is 191 Å². The number of ether oxygens (including phenoxy) is 1. The van der Waals surface area contributed by atoms with Gasteiger partial charge in [-0.1, -0.05) is 56.2 Å². The molecule has 0 heterocycles. The molecule has 0 bridgehead atoms. The van der Waals surface area contributed by atoms with E-state index in [2.05, 4.69) is 23.8 Å². The van der Waals surface area contributed by atoms with E-state index < -0.39 is 40.4 Å². The third-order valence-electron chi connectivity index (χ3n) is 6.55. The second-order valence-corrected chi connectivity index (χ2v) is 8.88. The van der Waals surface area contributed by atoms with Gasteiger partial charge in [0.15, 0.2) is 17.5 Å². The van der Waals surface area contributed by atoms with Crippen LogP contribution in [0.2, 0.25) is 0 Å². The highest BCUT2D eigenvalue weighted by atomic mass is 19.3. The van der Waals surface area contributed by atoms with Crippen molar-refractivity contribution in [3.8, 4) is 16.9 Å². The van der Waals surface area contributed by atoms with Gasteiger partial charge in [0.2, 0.25) is 0 Å². The quantitative estimate of drug-likeness (QED) is 0.272. The predicted molar refractivity (Wildman–Crippen MR) is 120 cm³/mol. The first kappa shape index (κ1) is 23.3. The van der Waals surface area contributed by atoms with Crippen LogP contribution in [0.15, 0.2) is 54.6 Å². The van der Waals surface area contributed by atoms with E-state index in [9.17, 15) is 22.0 Å². The molecule has 6 heteroatoms. The lowest BCUT2D eigenvalue weighted by Gasteiger charge is -2.26. The molecule has 0 aliphatic heterocycles. The zero-order chi connectivity index (χ0) is 23.8. The lowest BCUT2D eigenvalue weighted by molar-refractivity contribution is -0.186. The van der Waals surface area contributed by atoms with Crippen LogP contribution in [0.1, 0.15) is 56.6 Å². The molecule has 1 aliphatic carbocycles. The van der Waals surface area contributed by atoms with E-state index in [-0.39, 0.29) is 1.43 Å². The first-order valence-electron chi connectivity index (χ1n) is 11.1. The molecule has 3 aromatic rings. The molecule has 4 rings (SSSR count). The van der Waals surface area contributed by atoms with Gasteiger partial charge in [-0.15, -0.1) is 0 Å². The Morgan fingerprint density at radius 2 is 1.36 bits per heavy atom. The Hall–Kier alpha value is -2.89. The van der Waals surface area contributed by atoms with E-state index in [0.29, 0.717) is 12.0 Å². The van der Waals surface area contributed by atoms with Gasteiger partial charge < -0.3 is 4.74 Å². The first-order valence-corrected chi connectivity index (χ1v) is 11.1. The van der Waals surface area contributed by atoms with Crippen LogP contribution >= 0.6 is 0 Å². The number of rotatable bonds is 5. The highest BCUT2D eigenvalue weighted by Gasteiger charge is 2.36. The molecular weight excluding hydrogens is 435 g/mol. The number of benzene rings is 3. The average Bonchev–Trinajstić information content (AvgIpc) is 2.82. The van der Waals surface area contributed by atoms with Crippen molar-refractivity contribution in [1.29, 1.82) is 0 Å². The zero-order valence-corrected chi connectivity index (χ0v) is 18.5. The fourth-order valence-electron chi connectivity index (χ4n) is 4.37. The molecule has 1 aliphatic rings. The fraction of sp³-hybridized carbons (Fsp3) is 0.333. The van der Waals surface area contributed by atoms with Gasteiger partial charge in [-0.3, -0.25) is 0 Å². The van der Waals surface area contributed by atoms with E-state index >= 15 is 0 Å². The summed E-state index contributed by atoms with van der Waals surface area (Å²) in [6.07, 6.45) is 0.987. The van der Waals surface area contributed by atoms with Crippen molar-refractivity contribution < 1.29 is 28.1 Å². The Morgan fingerprint density at radius 3 is 1.94 bits per heavy atom. The summed E-state index contributed by atoms with van der Waals surface area (Å²) in [6, 6.07) is 14.1. The van der Waals surface area contributed by atoms with E-state index in [0.717, 1.165) is 24.0 Å². The molecule has 176 valence electrons. The summed E-state index contributed by atoms with van der Waals surface area (Å²) in [7, 11) is 0. The van der Waals surface area contributed by atoms with Crippen LogP contribution in [0.25, 0.3) is 11.1 Å². The van der Waals surface area contributed by atoms with Crippen LogP contribution in [-0.4, -0.2) is 0 Å². The van der Waals surface area contributed by atoms with Crippen molar-refractivity contribution in [3.63, 3.8) is 0 Å². The van der Waals surface area contributed by atoms with Gasteiger partial charge >= 0.3 is 6.11 Å². The van der Waals surface area contributed by atoms with Gasteiger partial charge in [-0.25, -0.2) is 13.2 Å². The molecule has 0 aromatic heterocycles. The summed E-state index contributed by atoms with van der Waals surface area (Å²) >= 11 is 0. The molecule has 0 saturated heterocycles. The summed E-state index contributed by atoms with van der Waals surface area (Å²) in [5.41, 5.74) is 1.95. The molecule has 1 fully saturated rings. The van der Waals surface area contributed by atoms with Gasteiger partial charge in [0.05, 0.1) is 5.56 Å². The van der Waals surface area contributed by atoms with Crippen LogP contribution in [0.3, 0.4) is 0 Å². The standard InChI is InChI=1S/C27H25F5O.H2/c1-16-3-5-18(6-4-16)19-7-9-20(10-8-19)21-11-13-22(14-12-21)27(31,32)33-24-15-23(28)26(30)25(29)17(24)2;/h7-16,18H,3-6H2,1-2H3;1H. The molecule has 0 spiro atoms. The van der Waals surface area contributed by atoms with Crippen molar-refractivity contribution in [2.45, 2.75) is 51.6 Å². The maximum atomic E-state index is 14.6. The number of halogens is 5. The largest absolute Gasteiger partial charge is 0.428 e. The van der Waals surface area contributed by atoms with Crippen LogP contribution in [0, 0.1) is 30.3 Å². The second-order valence-electron chi connectivity index (χ2n) is 8.88. The van der Waals surface area contributed by atoms with Crippen LogP contribution in [-0.2, 0) is 6.11 Å². The van der Waals surface area contributed by atoms with Gasteiger partial charge in [0.25, 0.3) is 0 Å². The Bertz CT molecular complexity index is 1120. The number of hydrogen-bond donors (Lipinski definition) is 0. The molecule has 0 amide bonds. The predicted octanol–water partition coefficient (Wildman–Crippen LogP) is 8.75. The van der Waals surface area contributed by atoms with Crippen molar-refractivity contribution in [3.05, 3.63) is 88.7 Å².